The molecule has 0 bridgehead atoms. The Bertz CT molecular complexity index is 906. The normalized spacial score (nSPS) is 12.1. The second-order valence-corrected chi connectivity index (χ2v) is 7.66. The Morgan fingerprint density at radius 1 is 0.968 bits per heavy atom. The predicted molar refractivity (Wildman–Crippen MR) is 125 cm³/mol. The van der Waals surface area contributed by atoms with Gasteiger partial charge in [-0.3, -0.25) is 14.6 Å². The summed E-state index contributed by atoms with van der Waals surface area (Å²) in [7, 11) is 5.19. The Balaban J connectivity index is 1.89. The molecule has 2 rings (SSSR count). The monoisotopic (exact) mass is 423 g/mol. The van der Waals surface area contributed by atoms with Crippen molar-refractivity contribution < 1.29 is 9.59 Å². The maximum absolute atomic E-state index is 12.3. The van der Waals surface area contributed by atoms with Gasteiger partial charge in [0, 0.05) is 51.4 Å². The van der Waals surface area contributed by atoms with E-state index in [-0.39, 0.29) is 17.9 Å². The maximum Gasteiger partial charge on any atom is 0.253 e. The van der Waals surface area contributed by atoms with Crippen molar-refractivity contribution in [2.24, 2.45) is 4.99 Å². The summed E-state index contributed by atoms with van der Waals surface area (Å²) < 4.78 is 0. The van der Waals surface area contributed by atoms with Crippen LogP contribution >= 0.6 is 0 Å². The van der Waals surface area contributed by atoms with E-state index in [0.717, 1.165) is 17.5 Å². The fraction of sp³-hybridized carbons (Fsp3) is 0.375. The molecule has 7 nitrogen and oxygen atoms in total. The van der Waals surface area contributed by atoms with E-state index in [9.17, 15) is 9.59 Å². The van der Waals surface area contributed by atoms with Crippen LogP contribution in [0.15, 0.2) is 53.5 Å². The summed E-state index contributed by atoms with van der Waals surface area (Å²) >= 11 is 0. The molecule has 0 radical (unpaired) electrons. The molecule has 0 aliphatic heterocycles. The number of hydrogen-bond donors (Lipinski definition) is 3. The number of carbonyl (C=O) groups excluding carboxylic acids is 2. The highest BCUT2D eigenvalue weighted by molar-refractivity contribution is 5.94. The highest BCUT2D eigenvalue weighted by Crippen LogP contribution is 2.08. The third-order valence-corrected chi connectivity index (χ3v) is 4.93. The average Bonchev–Trinajstić information content (AvgIpc) is 2.79. The third-order valence-electron chi connectivity index (χ3n) is 4.93. The lowest BCUT2D eigenvalue weighted by molar-refractivity contribution is 0.0827. The number of benzene rings is 2. The second kappa shape index (κ2) is 11.7. The first-order chi connectivity index (χ1) is 14.8. The van der Waals surface area contributed by atoms with Gasteiger partial charge in [0.05, 0.1) is 0 Å². The van der Waals surface area contributed by atoms with Crippen molar-refractivity contribution in [2.45, 2.75) is 39.4 Å². The lowest BCUT2D eigenvalue weighted by Gasteiger charge is -2.14. The molecule has 7 heteroatoms. The molecule has 2 aromatic rings. The number of rotatable bonds is 8. The molecule has 0 heterocycles. The Labute approximate surface area is 184 Å². The van der Waals surface area contributed by atoms with Gasteiger partial charge < -0.3 is 20.9 Å². The van der Waals surface area contributed by atoms with Crippen LogP contribution in [0.3, 0.4) is 0 Å². The molecule has 0 fully saturated rings. The summed E-state index contributed by atoms with van der Waals surface area (Å²) in [5.74, 6) is 0.579. The zero-order chi connectivity index (χ0) is 22.8. The van der Waals surface area contributed by atoms with Crippen LogP contribution < -0.4 is 16.0 Å². The minimum atomic E-state index is -0.0603. The number of nitrogens with zero attached hydrogens (tertiary/aromatic N) is 2. The number of carbonyl (C=O) groups is 2. The van der Waals surface area contributed by atoms with Gasteiger partial charge in [-0.05, 0) is 48.7 Å². The summed E-state index contributed by atoms with van der Waals surface area (Å²) in [4.78, 5) is 30.1. The van der Waals surface area contributed by atoms with Crippen molar-refractivity contribution in [3.63, 3.8) is 0 Å². The first-order valence-corrected chi connectivity index (χ1v) is 10.5. The number of amides is 2. The number of guanidine groups is 1. The molecular formula is C24H33N5O2. The van der Waals surface area contributed by atoms with Crippen molar-refractivity contribution in [1.29, 1.82) is 0 Å². The van der Waals surface area contributed by atoms with Crippen LogP contribution in [0.5, 0.6) is 0 Å². The fourth-order valence-electron chi connectivity index (χ4n) is 2.85. The number of nitrogens with one attached hydrogen (secondary N) is 3. The summed E-state index contributed by atoms with van der Waals surface area (Å²) in [6.07, 6.45) is 0.893. The van der Waals surface area contributed by atoms with E-state index in [1.807, 2.05) is 62.4 Å². The van der Waals surface area contributed by atoms with E-state index in [4.69, 9.17) is 0 Å². The molecule has 0 aliphatic carbocycles. The van der Waals surface area contributed by atoms with Gasteiger partial charge in [-0.2, -0.15) is 0 Å². The average molecular weight is 424 g/mol. The number of hydrogen-bond acceptors (Lipinski definition) is 3. The smallest absolute Gasteiger partial charge is 0.253 e. The Morgan fingerprint density at radius 2 is 1.61 bits per heavy atom. The van der Waals surface area contributed by atoms with Crippen LogP contribution in [-0.4, -0.2) is 49.9 Å². The molecular weight excluding hydrogens is 390 g/mol. The summed E-state index contributed by atoms with van der Waals surface area (Å²) in [5.41, 5.74) is 3.34. The Kier molecular flexibility index (Phi) is 9.06. The molecule has 31 heavy (non-hydrogen) atoms. The van der Waals surface area contributed by atoms with Crippen molar-refractivity contribution in [1.82, 2.24) is 20.9 Å². The standard InChI is InChI=1S/C24H33N5O2/c1-6-17(2)28-22(30)21-9-7-8-19(14-21)16-27-24(25-3)26-15-18-10-12-20(13-11-18)23(31)29(4)5/h7-14,17H,6,15-16H2,1-5H3,(H,28,30)(H2,25,26,27). The quantitative estimate of drug-likeness (QED) is 0.450. The van der Waals surface area contributed by atoms with E-state index in [1.54, 1.807) is 26.0 Å². The first kappa shape index (κ1) is 23.9. The first-order valence-electron chi connectivity index (χ1n) is 10.5. The topological polar surface area (TPSA) is 85.8 Å². The van der Waals surface area contributed by atoms with Crippen molar-refractivity contribution in [2.75, 3.05) is 21.1 Å². The Hall–Kier alpha value is -3.35. The van der Waals surface area contributed by atoms with Crippen LogP contribution in [-0.2, 0) is 13.1 Å². The van der Waals surface area contributed by atoms with Crippen LogP contribution in [0, 0.1) is 0 Å². The summed E-state index contributed by atoms with van der Waals surface area (Å²) in [6.45, 7) is 5.15. The van der Waals surface area contributed by atoms with E-state index in [2.05, 4.69) is 20.9 Å². The van der Waals surface area contributed by atoms with Crippen LogP contribution in [0.2, 0.25) is 0 Å². The molecule has 1 unspecified atom stereocenters. The van der Waals surface area contributed by atoms with Gasteiger partial charge in [0.2, 0.25) is 0 Å². The predicted octanol–water partition coefficient (Wildman–Crippen LogP) is 2.78. The summed E-state index contributed by atoms with van der Waals surface area (Å²) in [5, 5.41) is 9.51. The molecule has 0 spiro atoms. The molecule has 166 valence electrons. The lowest BCUT2D eigenvalue weighted by atomic mass is 10.1. The van der Waals surface area contributed by atoms with Crippen LogP contribution in [0.25, 0.3) is 0 Å². The Morgan fingerprint density at radius 3 is 2.19 bits per heavy atom. The van der Waals surface area contributed by atoms with E-state index < -0.39 is 0 Å². The SMILES string of the molecule is CCC(C)NC(=O)c1cccc(CNC(=NC)NCc2ccc(C(=O)N(C)C)cc2)c1. The lowest BCUT2D eigenvalue weighted by Crippen LogP contribution is -2.36. The largest absolute Gasteiger partial charge is 0.352 e. The van der Waals surface area contributed by atoms with Crippen LogP contribution in [0.4, 0.5) is 0 Å². The molecule has 0 saturated carbocycles. The van der Waals surface area contributed by atoms with Gasteiger partial charge >= 0.3 is 0 Å². The molecule has 2 amide bonds. The highest BCUT2D eigenvalue weighted by Gasteiger charge is 2.10. The van der Waals surface area contributed by atoms with Crippen molar-refractivity contribution in [3.05, 3.63) is 70.8 Å². The molecule has 2 aromatic carbocycles. The fourth-order valence-corrected chi connectivity index (χ4v) is 2.85. The molecule has 0 saturated heterocycles. The van der Waals surface area contributed by atoms with Crippen molar-refractivity contribution >= 4 is 17.8 Å². The second-order valence-electron chi connectivity index (χ2n) is 7.66. The van der Waals surface area contributed by atoms with E-state index in [1.165, 1.54) is 0 Å². The molecule has 1 atom stereocenters. The molecule has 0 aromatic heterocycles. The zero-order valence-corrected chi connectivity index (χ0v) is 19.0. The zero-order valence-electron chi connectivity index (χ0n) is 19.0. The van der Waals surface area contributed by atoms with Gasteiger partial charge in [-0.1, -0.05) is 31.2 Å². The van der Waals surface area contributed by atoms with Gasteiger partial charge in [0.1, 0.15) is 0 Å². The third kappa shape index (κ3) is 7.44. The van der Waals surface area contributed by atoms with Gasteiger partial charge in [-0.25, -0.2) is 0 Å². The minimum absolute atomic E-state index is 0.0166. The van der Waals surface area contributed by atoms with Gasteiger partial charge in [0.15, 0.2) is 5.96 Å². The highest BCUT2D eigenvalue weighted by atomic mass is 16.2. The van der Waals surface area contributed by atoms with Crippen LogP contribution in [0.1, 0.15) is 52.1 Å². The number of aliphatic imine (C=N–C) groups is 1. The van der Waals surface area contributed by atoms with E-state index in [0.29, 0.717) is 30.2 Å². The summed E-state index contributed by atoms with van der Waals surface area (Å²) in [6, 6.07) is 15.2. The maximum atomic E-state index is 12.3. The molecule has 0 aliphatic rings. The minimum Gasteiger partial charge on any atom is -0.352 e. The van der Waals surface area contributed by atoms with Gasteiger partial charge in [0.25, 0.3) is 11.8 Å². The molecule has 3 N–H and O–H groups in total. The van der Waals surface area contributed by atoms with E-state index >= 15 is 0 Å². The van der Waals surface area contributed by atoms with Gasteiger partial charge in [-0.15, -0.1) is 0 Å². The van der Waals surface area contributed by atoms with Crippen molar-refractivity contribution in [3.8, 4) is 0 Å².